The first kappa shape index (κ1) is 23.1. The fourth-order valence-electron chi connectivity index (χ4n) is 4.39. The minimum Gasteiger partial charge on any atom is -0.312 e. The Morgan fingerprint density at radius 2 is 1.93 bits per heavy atom. The molecule has 156 valence electrons. The molecular weight excluding hydrogens is 350 g/mol. The first-order chi connectivity index (χ1) is 13.4. The SMILES string of the molecule is C=CC1(C=N)CC=C(/C=C(\C(=C)C)C2=C(C(C)(C)C)C=CC(C)C2)C(C)=CC1C. The van der Waals surface area contributed by atoms with Crippen LogP contribution in [-0.4, -0.2) is 6.21 Å². The summed E-state index contributed by atoms with van der Waals surface area (Å²) in [5.74, 6) is 0.778. The fraction of sp³-hybridized carbons (Fsp3) is 0.464. The molecule has 1 heteroatoms. The van der Waals surface area contributed by atoms with E-state index in [4.69, 9.17) is 5.41 Å². The van der Waals surface area contributed by atoms with Crippen molar-refractivity contribution in [1.82, 2.24) is 0 Å². The molecule has 2 rings (SSSR count). The molecule has 0 aromatic heterocycles. The Morgan fingerprint density at radius 3 is 2.45 bits per heavy atom. The third kappa shape index (κ3) is 4.89. The van der Waals surface area contributed by atoms with Crippen molar-refractivity contribution in [3.63, 3.8) is 0 Å². The van der Waals surface area contributed by atoms with Crippen LogP contribution in [-0.2, 0) is 0 Å². The molecule has 0 saturated heterocycles. The summed E-state index contributed by atoms with van der Waals surface area (Å²) in [7, 11) is 0. The molecule has 2 aliphatic carbocycles. The summed E-state index contributed by atoms with van der Waals surface area (Å²) < 4.78 is 0. The minimum absolute atomic E-state index is 0.0932. The van der Waals surface area contributed by atoms with Gasteiger partial charge in [-0.3, -0.25) is 0 Å². The second kappa shape index (κ2) is 8.69. The van der Waals surface area contributed by atoms with Gasteiger partial charge in [0.05, 0.1) is 0 Å². The van der Waals surface area contributed by atoms with E-state index in [0.717, 1.165) is 18.4 Å². The summed E-state index contributed by atoms with van der Waals surface area (Å²) in [5.41, 5.74) is 7.49. The van der Waals surface area contributed by atoms with Crippen molar-refractivity contribution in [3.05, 3.63) is 83.1 Å². The molecule has 0 amide bonds. The summed E-state index contributed by atoms with van der Waals surface area (Å²) in [6, 6.07) is 0. The van der Waals surface area contributed by atoms with Crippen LogP contribution in [0.5, 0.6) is 0 Å². The van der Waals surface area contributed by atoms with E-state index in [0.29, 0.717) is 5.92 Å². The first-order valence-corrected chi connectivity index (χ1v) is 10.8. The average molecular weight is 390 g/mol. The summed E-state index contributed by atoms with van der Waals surface area (Å²) in [6.07, 6.45) is 16.9. The molecule has 0 spiro atoms. The summed E-state index contributed by atoms with van der Waals surface area (Å²) in [5, 5.41) is 7.99. The van der Waals surface area contributed by atoms with Gasteiger partial charge in [0.15, 0.2) is 0 Å². The lowest BCUT2D eigenvalue weighted by Gasteiger charge is -2.31. The Morgan fingerprint density at radius 1 is 1.28 bits per heavy atom. The van der Waals surface area contributed by atoms with E-state index in [1.165, 1.54) is 27.9 Å². The van der Waals surface area contributed by atoms with Crippen molar-refractivity contribution >= 4 is 6.21 Å². The van der Waals surface area contributed by atoms with Crippen molar-refractivity contribution < 1.29 is 0 Å². The van der Waals surface area contributed by atoms with Crippen LogP contribution < -0.4 is 0 Å². The number of nitrogens with one attached hydrogen (secondary N) is 1. The lowest BCUT2D eigenvalue weighted by Crippen LogP contribution is -2.25. The highest BCUT2D eigenvalue weighted by Gasteiger charge is 2.31. The normalized spacial score (nSPS) is 28.4. The number of allylic oxidation sites excluding steroid dienone is 12. The molecular formula is C28H39N. The van der Waals surface area contributed by atoms with E-state index < -0.39 is 0 Å². The summed E-state index contributed by atoms with van der Waals surface area (Å²) in [4.78, 5) is 0. The second-order valence-corrected chi connectivity index (χ2v) is 9.98. The zero-order valence-electron chi connectivity index (χ0n) is 19.5. The Kier molecular flexibility index (Phi) is 6.93. The smallest absolute Gasteiger partial charge is 0.0321 e. The maximum absolute atomic E-state index is 7.99. The van der Waals surface area contributed by atoms with Crippen LogP contribution in [0.4, 0.5) is 0 Å². The third-order valence-electron chi connectivity index (χ3n) is 6.46. The molecule has 0 heterocycles. The van der Waals surface area contributed by atoms with Crippen molar-refractivity contribution in [2.24, 2.45) is 22.7 Å². The van der Waals surface area contributed by atoms with Gasteiger partial charge < -0.3 is 5.41 Å². The van der Waals surface area contributed by atoms with E-state index >= 15 is 0 Å². The predicted molar refractivity (Wildman–Crippen MR) is 129 cm³/mol. The number of hydrogen-bond donors (Lipinski definition) is 1. The van der Waals surface area contributed by atoms with Gasteiger partial charge in [0.1, 0.15) is 0 Å². The van der Waals surface area contributed by atoms with Crippen LogP contribution >= 0.6 is 0 Å². The summed E-state index contributed by atoms with van der Waals surface area (Å²) in [6.45, 7) is 24.0. The van der Waals surface area contributed by atoms with E-state index in [1.807, 2.05) is 6.08 Å². The molecule has 3 atom stereocenters. The van der Waals surface area contributed by atoms with Gasteiger partial charge in [-0.2, -0.15) is 0 Å². The highest BCUT2D eigenvalue weighted by molar-refractivity contribution is 5.68. The van der Waals surface area contributed by atoms with Crippen LogP contribution in [0.3, 0.4) is 0 Å². The quantitative estimate of drug-likeness (QED) is 0.278. The predicted octanol–water partition coefficient (Wildman–Crippen LogP) is 8.16. The molecule has 1 nitrogen and oxygen atoms in total. The molecule has 0 aliphatic heterocycles. The Bertz CT molecular complexity index is 837. The molecule has 0 saturated carbocycles. The van der Waals surface area contributed by atoms with Crippen LogP contribution in [0.1, 0.15) is 61.3 Å². The van der Waals surface area contributed by atoms with Crippen LogP contribution in [0.2, 0.25) is 0 Å². The van der Waals surface area contributed by atoms with E-state index in [1.54, 1.807) is 6.21 Å². The van der Waals surface area contributed by atoms with Gasteiger partial charge in [-0.1, -0.05) is 77.2 Å². The molecule has 1 N–H and O–H groups in total. The maximum atomic E-state index is 7.99. The molecule has 3 unspecified atom stereocenters. The lowest BCUT2D eigenvalue weighted by molar-refractivity contribution is 0.430. The minimum atomic E-state index is -0.307. The van der Waals surface area contributed by atoms with Gasteiger partial charge in [0.2, 0.25) is 0 Å². The Labute approximate surface area is 178 Å². The van der Waals surface area contributed by atoms with Crippen LogP contribution in [0.15, 0.2) is 83.1 Å². The lowest BCUT2D eigenvalue weighted by atomic mass is 9.74. The van der Waals surface area contributed by atoms with Gasteiger partial charge in [0, 0.05) is 11.6 Å². The van der Waals surface area contributed by atoms with Gasteiger partial charge in [0.25, 0.3) is 0 Å². The standard InChI is InChI=1S/C28H39N/c1-10-28(18-29)14-13-23(21(5)16-22(28)6)17-24(19(2)3)25-15-20(4)11-12-26(25)27(7,8)9/h10-13,16-18,20,22,29H,1-2,14-15H2,3-9H3/b24-17+,29-18?. The zero-order chi connectivity index (χ0) is 22.0. The van der Waals surface area contributed by atoms with Gasteiger partial charge in [-0.25, -0.2) is 0 Å². The molecule has 0 bridgehead atoms. The molecule has 0 fully saturated rings. The van der Waals surface area contributed by atoms with Gasteiger partial charge in [-0.15, -0.1) is 6.58 Å². The van der Waals surface area contributed by atoms with E-state index in [9.17, 15) is 0 Å². The van der Waals surface area contributed by atoms with Crippen LogP contribution in [0.25, 0.3) is 0 Å². The first-order valence-electron chi connectivity index (χ1n) is 10.8. The zero-order valence-corrected chi connectivity index (χ0v) is 19.5. The fourth-order valence-corrected chi connectivity index (χ4v) is 4.39. The number of rotatable bonds is 5. The van der Waals surface area contributed by atoms with Crippen molar-refractivity contribution in [2.45, 2.75) is 61.3 Å². The third-order valence-corrected chi connectivity index (χ3v) is 6.46. The highest BCUT2D eigenvalue weighted by Crippen LogP contribution is 2.42. The monoisotopic (exact) mass is 389 g/mol. The molecule has 0 radical (unpaired) electrons. The van der Waals surface area contributed by atoms with Gasteiger partial charge in [-0.05, 0) is 77.9 Å². The highest BCUT2D eigenvalue weighted by atomic mass is 14.4. The van der Waals surface area contributed by atoms with E-state index in [-0.39, 0.29) is 16.7 Å². The average Bonchev–Trinajstić information content (AvgIpc) is 2.74. The number of hydrogen-bond acceptors (Lipinski definition) is 1. The van der Waals surface area contributed by atoms with E-state index in [2.05, 4.69) is 92.0 Å². The molecule has 0 aromatic carbocycles. The second-order valence-electron chi connectivity index (χ2n) is 9.98. The maximum Gasteiger partial charge on any atom is 0.0321 e. The van der Waals surface area contributed by atoms with Crippen molar-refractivity contribution in [3.8, 4) is 0 Å². The van der Waals surface area contributed by atoms with Gasteiger partial charge >= 0.3 is 0 Å². The Balaban J connectivity index is 2.65. The summed E-state index contributed by atoms with van der Waals surface area (Å²) >= 11 is 0. The molecule has 2 aliphatic rings. The van der Waals surface area contributed by atoms with Crippen LogP contribution in [0, 0.1) is 28.1 Å². The topological polar surface area (TPSA) is 23.9 Å². The Hall–Kier alpha value is -2.15. The van der Waals surface area contributed by atoms with Crippen molar-refractivity contribution in [2.75, 3.05) is 0 Å². The molecule has 0 aromatic rings. The van der Waals surface area contributed by atoms with Crippen molar-refractivity contribution in [1.29, 1.82) is 5.41 Å². The largest absolute Gasteiger partial charge is 0.312 e. The molecule has 29 heavy (non-hydrogen) atoms.